The third-order valence-corrected chi connectivity index (χ3v) is 4.82. The standard InChI is InChI=1S/C19H23N3O3/c23-17-9-13-22(19(25)20-17)14-10-18(24)21-11-4-7-16(8-12-21)15-5-2-1-3-6-15/h1-3,5-6,9,13,16H,4,7-8,10-12,14H2,(H,20,23,25). The number of H-pyrrole nitrogens is 1. The molecule has 0 radical (unpaired) electrons. The van der Waals surface area contributed by atoms with Gasteiger partial charge < -0.3 is 9.47 Å². The predicted octanol–water partition coefficient (Wildman–Crippen LogP) is 1.72. The zero-order valence-corrected chi connectivity index (χ0v) is 14.2. The number of amides is 1. The number of rotatable bonds is 4. The molecule has 0 aliphatic carbocycles. The molecule has 6 nitrogen and oxygen atoms in total. The summed E-state index contributed by atoms with van der Waals surface area (Å²) in [5.74, 6) is 0.563. The van der Waals surface area contributed by atoms with E-state index in [0.29, 0.717) is 5.92 Å². The zero-order valence-electron chi connectivity index (χ0n) is 14.2. The van der Waals surface area contributed by atoms with Gasteiger partial charge in [0.1, 0.15) is 0 Å². The minimum atomic E-state index is -0.472. The van der Waals surface area contributed by atoms with Crippen LogP contribution in [0.5, 0.6) is 0 Å². The molecule has 1 saturated heterocycles. The number of aryl methyl sites for hydroxylation is 1. The van der Waals surface area contributed by atoms with E-state index in [4.69, 9.17) is 0 Å². The lowest BCUT2D eigenvalue weighted by molar-refractivity contribution is -0.131. The van der Waals surface area contributed by atoms with Crippen LogP contribution in [0.1, 0.15) is 37.2 Å². The Morgan fingerprint density at radius 3 is 2.64 bits per heavy atom. The molecular formula is C19H23N3O3. The van der Waals surface area contributed by atoms with Gasteiger partial charge in [0.15, 0.2) is 0 Å². The van der Waals surface area contributed by atoms with Crippen LogP contribution < -0.4 is 11.2 Å². The number of nitrogens with zero attached hydrogens (tertiary/aromatic N) is 2. The van der Waals surface area contributed by atoms with Crippen molar-refractivity contribution in [3.05, 3.63) is 69.0 Å². The second kappa shape index (κ2) is 7.96. The summed E-state index contributed by atoms with van der Waals surface area (Å²) in [5, 5.41) is 0. The minimum absolute atomic E-state index is 0.0619. The summed E-state index contributed by atoms with van der Waals surface area (Å²) in [7, 11) is 0. The fraction of sp³-hybridized carbons (Fsp3) is 0.421. The second-order valence-electron chi connectivity index (χ2n) is 6.47. The third-order valence-electron chi connectivity index (χ3n) is 4.82. The molecule has 3 rings (SSSR count). The average Bonchev–Trinajstić information content (AvgIpc) is 2.88. The Balaban J connectivity index is 1.56. The van der Waals surface area contributed by atoms with Crippen LogP contribution in [0.4, 0.5) is 0 Å². The van der Waals surface area contributed by atoms with Crippen molar-refractivity contribution in [3.8, 4) is 0 Å². The van der Waals surface area contributed by atoms with Crippen LogP contribution in [-0.4, -0.2) is 33.4 Å². The molecule has 1 amide bonds. The van der Waals surface area contributed by atoms with Crippen LogP contribution in [-0.2, 0) is 11.3 Å². The molecule has 1 unspecified atom stereocenters. The fourth-order valence-corrected chi connectivity index (χ4v) is 3.40. The lowest BCUT2D eigenvalue weighted by Crippen LogP contribution is -2.34. The minimum Gasteiger partial charge on any atom is -0.343 e. The van der Waals surface area contributed by atoms with Gasteiger partial charge >= 0.3 is 5.69 Å². The molecule has 0 saturated carbocycles. The smallest absolute Gasteiger partial charge is 0.328 e. The van der Waals surface area contributed by atoms with Gasteiger partial charge in [-0.25, -0.2) is 4.79 Å². The second-order valence-corrected chi connectivity index (χ2v) is 6.47. The van der Waals surface area contributed by atoms with Gasteiger partial charge in [-0.3, -0.25) is 14.6 Å². The van der Waals surface area contributed by atoms with Crippen molar-refractivity contribution in [2.45, 2.75) is 38.1 Å². The molecule has 1 aromatic carbocycles. The highest BCUT2D eigenvalue weighted by Crippen LogP contribution is 2.27. The molecule has 1 aromatic heterocycles. The van der Waals surface area contributed by atoms with E-state index in [2.05, 4.69) is 29.2 Å². The van der Waals surface area contributed by atoms with Crippen molar-refractivity contribution >= 4 is 5.91 Å². The molecule has 1 fully saturated rings. The maximum absolute atomic E-state index is 12.5. The molecular weight excluding hydrogens is 318 g/mol. The lowest BCUT2D eigenvalue weighted by Gasteiger charge is -2.21. The third kappa shape index (κ3) is 4.47. The molecule has 1 aliphatic rings. The molecule has 0 bridgehead atoms. The van der Waals surface area contributed by atoms with Gasteiger partial charge in [0.2, 0.25) is 5.91 Å². The summed E-state index contributed by atoms with van der Waals surface area (Å²) >= 11 is 0. The normalized spacial score (nSPS) is 17.9. The Kier molecular flexibility index (Phi) is 5.48. The van der Waals surface area contributed by atoms with Crippen LogP contribution in [0.3, 0.4) is 0 Å². The van der Waals surface area contributed by atoms with Gasteiger partial charge in [-0.15, -0.1) is 0 Å². The number of aromatic nitrogens is 2. The van der Waals surface area contributed by atoms with Crippen molar-refractivity contribution in [1.29, 1.82) is 0 Å². The molecule has 0 spiro atoms. The van der Waals surface area contributed by atoms with Crippen molar-refractivity contribution in [2.75, 3.05) is 13.1 Å². The molecule has 132 valence electrons. The maximum Gasteiger partial charge on any atom is 0.328 e. The lowest BCUT2D eigenvalue weighted by atomic mass is 9.92. The fourth-order valence-electron chi connectivity index (χ4n) is 3.40. The Morgan fingerprint density at radius 1 is 1.08 bits per heavy atom. The van der Waals surface area contributed by atoms with E-state index in [0.717, 1.165) is 32.4 Å². The predicted molar refractivity (Wildman–Crippen MR) is 95.6 cm³/mol. The van der Waals surface area contributed by atoms with Crippen LogP contribution in [0.2, 0.25) is 0 Å². The number of benzene rings is 1. The van der Waals surface area contributed by atoms with E-state index in [1.54, 1.807) is 0 Å². The molecule has 1 N–H and O–H groups in total. The van der Waals surface area contributed by atoms with E-state index >= 15 is 0 Å². The van der Waals surface area contributed by atoms with Crippen LogP contribution >= 0.6 is 0 Å². The van der Waals surface area contributed by atoms with Crippen molar-refractivity contribution < 1.29 is 4.79 Å². The van der Waals surface area contributed by atoms with Gasteiger partial charge in [-0.05, 0) is 30.7 Å². The van der Waals surface area contributed by atoms with E-state index in [-0.39, 0.29) is 18.9 Å². The van der Waals surface area contributed by atoms with E-state index in [9.17, 15) is 14.4 Å². The van der Waals surface area contributed by atoms with E-state index in [1.165, 1.54) is 22.4 Å². The van der Waals surface area contributed by atoms with Crippen LogP contribution in [0.25, 0.3) is 0 Å². The van der Waals surface area contributed by atoms with E-state index in [1.807, 2.05) is 11.0 Å². The quantitative estimate of drug-likeness (QED) is 0.920. The van der Waals surface area contributed by atoms with E-state index < -0.39 is 11.2 Å². The summed E-state index contributed by atoms with van der Waals surface area (Å²) in [6.45, 7) is 1.80. The summed E-state index contributed by atoms with van der Waals surface area (Å²) < 4.78 is 1.36. The first kappa shape index (κ1) is 17.2. The van der Waals surface area contributed by atoms with Crippen molar-refractivity contribution in [2.24, 2.45) is 0 Å². The summed E-state index contributed by atoms with van der Waals surface area (Å²) in [6, 6.07) is 11.8. The number of likely N-dealkylation sites (tertiary alicyclic amines) is 1. The van der Waals surface area contributed by atoms with Gasteiger partial charge in [-0.2, -0.15) is 0 Å². The highest BCUT2D eigenvalue weighted by molar-refractivity contribution is 5.76. The van der Waals surface area contributed by atoms with Gasteiger partial charge in [0.05, 0.1) is 0 Å². The molecule has 25 heavy (non-hydrogen) atoms. The first-order chi connectivity index (χ1) is 12.1. The largest absolute Gasteiger partial charge is 0.343 e. The zero-order chi connectivity index (χ0) is 17.6. The van der Waals surface area contributed by atoms with Crippen LogP contribution in [0.15, 0.2) is 52.2 Å². The summed E-state index contributed by atoms with van der Waals surface area (Å²) in [6.07, 6.45) is 4.75. The highest BCUT2D eigenvalue weighted by atomic mass is 16.2. The molecule has 6 heteroatoms. The number of hydrogen-bond donors (Lipinski definition) is 1. The first-order valence-electron chi connectivity index (χ1n) is 8.76. The number of carbonyl (C=O) groups is 1. The Bertz CT molecular complexity index is 826. The molecule has 1 aliphatic heterocycles. The van der Waals surface area contributed by atoms with Gasteiger partial charge in [0, 0.05) is 38.3 Å². The van der Waals surface area contributed by atoms with Crippen molar-refractivity contribution in [3.63, 3.8) is 0 Å². The maximum atomic E-state index is 12.5. The SMILES string of the molecule is O=C(CCn1ccc(=O)[nH]c1=O)N1CCCC(c2ccccc2)CC1. The van der Waals surface area contributed by atoms with Crippen LogP contribution in [0, 0.1) is 0 Å². The highest BCUT2D eigenvalue weighted by Gasteiger charge is 2.21. The number of aromatic amines is 1. The monoisotopic (exact) mass is 341 g/mol. The Labute approximate surface area is 146 Å². The summed E-state index contributed by atoms with van der Waals surface area (Å²) in [4.78, 5) is 39.3. The molecule has 1 atom stereocenters. The van der Waals surface area contributed by atoms with Gasteiger partial charge in [-0.1, -0.05) is 30.3 Å². The first-order valence-corrected chi connectivity index (χ1v) is 8.76. The summed E-state index contributed by atoms with van der Waals surface area (Å²) in [5.41, 5.74) is 0.448. The molecule has 2 aromatic rings. The Hall–Kier alpha value is -2.63. The number of carbonyl (C=O) groups excluding carboxylic acids is 1. The number of hydrogen-bond acceptors (Lipinski definition) is 3. The number of nitrogens with one attached hydrogen (secondary N) is 1. The Morgan fingerprint density at radius 2 is 1.88 bits per heavy atom. The average molecular weight is 341 g/mol. The van der Waals surface area contributed by atoms with Crippen molar-refractivity contribution in [1.82, 2.24) is 14.5 Å². The molecule has 2 heterocycles. The van der Waals surface area contributed by atoms with Gasteiger partial charge in [0.25, 0.3) is 5.56 Å². The topological polar surface area (TPSA) is 75.2 Å².